The van der Waals surface area contributed by atoms with Crippen LogP contribution >= 0.6 is 0 Å². The summed E-state index contributed by atoms with van der Waals surface area (Å²) in [5, 5.41) is 18.1. The van der Waals surface area contributed by atoms with Gasteiger partial charge in [0.2, 0.25) is 0 Å². The summed E-state index contributed by atoms with van der Waals surface area (Å²) in [6.45, 7) is 4.32. The van der Waals surface area contributed by atoms with Gasteiger partial charge in [0.1, 0.15) is 0 Å². The molecule has 0 radical (unpaired) electrons. The average Bonchev–Trinajstić information content (AvgIpc) is 2.17. The number of hydrogen-bond donors (Lipinski definition) is 1. The van der Waals surface area contributed by atoms with Crippen molar-refractivity contribution in [2.75, 3.05) is 20.2 Å². The van der Waals surface area contributed by atoms with Gasteiger partial charge in [-0.3, -0.25) is 4.79 Å². The Bertz CT molecular complexity index is 250. The third kappa shape index (κ3) is 6.38. The molecule has 0 heterocycles. The lowest BCUT2D eigenvalue weighted by atomic mass is 10.2. The topological polar surface area (TPSA) is 73.6 Å². The molecule has 0 bridgehead atoms. The van der Waals surface area contributed by atoms with Crippen molar-refractivity contribution < 1.29 is 14.6 Å². The van der Waals surface area contributed by atoms with E-state index in [1.54, 1.807) is 6.92 Å². The highest BCUT2D eigenvalue weighted by Gasteiger charge is 2.16. The van der Waals surface area contributed by atoms with E-state index >= 15 is 0 Å². The fourth-order valence-electron chi connectivity index (χ4n) is 1.28. The molecule has 0 spiro atoms. The summed E-state index contributed by atoms with van der Waals surface area (Å²) in [5.41, 5.74) is 0. The van der Waals surface area contributed by atoms with Gasteiger partial charge in [0, 0.05) is 12.6 Å². The Hall–Kier alpha value is -1.12. The molecule has 0 aliphatic rings. The number of esters is 1. The molecule has 5 nitrogen and oxygen atoms in total. The van der Waals surface area contributed by atoms with Gasteiger partial charge in [0.25, 0.3) is 0 Å². The molecule has 2 unspecified atom stereocenters. The molecule has 0 saturated heterocycles. The summed E-state index contributed by atoms with van der Waals surface area (Å²) in [7, 11) is 1.82. The zero-order valence-electron chi connectivity index (χ0n) is 10.1. The number of rotatable bonds is 7. The monoisotopic (exact) mass is 228 g/mol. The van der Waals surface area contributed by atoms with Gasteiger partial charge in [-0.2, -0.15) is 5.26 Å². The predicted octanol–water partition coefficient (Wildman–Crippen LogP) is 0.534. The van der Waals surface area contributed by atoms with E-state index in [4.69, 9.17) is 10.00 Å². The quantitative estimate of drug-likeness (QED) is 0.644. The molecule has 5 heteroatoms. The molecule has 0 rings (SSSR count). The molecular weight excluding hydrogens is 208 g/mol. The Balaban J connectivity index is 3.90. The second-order valence-electron chi connectivity index (χ2n) is 3.81. The zero-order valence-corrected chi connectivity index (χ0v) is 10.1. The van der Waals surface area contributed by atoms with Gasteiger partial charge in [-0.1, -0.05) is 0 Å². The van der Waals surface area contributed by atoms with Gasteiger partial charge in [-0.05, 0) is 20.9 Å². The van der Waals surface area contributed by atoms with Gasteiger partial charge in [0.05, 0.1) is 31.6 Å². The number of ether oxygens (including phenoxy) is 1. The van der Waals surface area contributed by atoms with Gasteiger partial charge < -0.3 is 14.7 Å². The lowest BCUT2D eigenvalue weighted by Gasteiger charge is -2.24. The Labute approximate surface area is 96.6 Å². The summed E-state index contributed by atoms with van der Waals surface area (Å²) in [6.07, 6.45) is -0.342. The maximum Gasteiger partial charge on any atom is 0.308 e. The summed E-state index contributed by atoms with van der Waals surface area (Å²) < 4.78 is 4.73. The van der Waals surface area contributed by atoms with Crippen molar-refractivity contribution in [1.82, 2.24) is 4.90 Å². The zero-order chi connectivity index (χ0) is 12.6. The molecule has 0 saturated carbocycles. The van der Waals surface area contributed by atoms with Crippen LogP contribution in [0.3, 0.4) is 0 Å². The molecule has 0 aliphatic carbocycles. The van der Waals surface area contributed by atoms with Crippen molar-refractivity contribution in [3.8, 4) is 6.07 Å². The molecule has 0 aromatic rings. The van der Waals surface area contributed by atoms with Crippen LogP contribution in [-0.4, -0.2) is 48.3 Å². The molecule has 2 atom stereocenters. The molecule has 0 aromatic carbocycles. The van der Waals surface area contributed by atoms with Crippen LogP contribution in [-0.2, 0) is 9.53 Å². The van der Waals surface area contributed by atoms with E-state index in [9.17, 15) is 9.90 Å². The number of aliphatic hydroxyl groups excluding tert-OH is 1. The Morgan fingerprint density at radius 3 is 2.75 bits per heavy atom. The number of hydrogen-bond acceptors (Lipinski definition) is 5. The third-order valence-electron chi connectivity index (χ3n) is 2.35. The van der Waals surface area contributed by atoms with E-state index in [2.05, 4.69) is 6.07 Å². The van der Waals surface area contributed by atoms with E-state index in [0.717, 1.165) is 0 Å². The maximum absolute atomic E-state index is 11.1. The Kier molecular flexibility index (Phi) is 7.52. The molecule has 0 aromatic heterocycles. The van der Waals surface area contributed by atoms with Crippen molar-refractivity contribution in [2.24, 2.45) is 0 Å². The van der Waals surface area contributed by atoms with E-state index in [-0.39, 0.29) is 12.5 Å². The van der Waals surface area contributed by atoms with Crippen LogP contribution in [0.1, 0.15) is 26.7 Å². The second kappa shape index (κ2) is 8.08. The summed E-state index contributed by atoms with van der Waals surface area (Å²) >= 11 is 0. The van der Waals surface area contributed by atoms with E-state index in [1.807, 2.05) is 18.9 Å². The smallest absolute Gasteiger partial charge is 0.308 e. The van der Waals surface area contributed by atoms with Crippen LogP contribution in [0.4, 0.5) is 0 Å². The molecular formula is C11H20N2O3. The van der Waals surface area contributed by atoms with Gasteiger partial charge in [-0.25, -0.2) is 0 Å². The Morgan fingerprint density at radius 1 is 1.62 bits per heavy atom. The van der Waals surface area contributed by atoms with Crippen LogP contribution in [0.5, 0.6) is 0 Å². The number of carbonyl (C=O) groups excluding carboxylic acids is 1. The summed E-state index contributed by atoms with van der Waals surface area (Å²) in [5.74, 6) is -0.392. The molecule has 0 fully saturated rings. The van der Waals surface area contributed by atoms with Crippen molar-refractivity contribution in [3.05, 3.63) is 0 Å². The molecule has 0 amide bonds. The Morgan fingerprint density at radius 2 is 2.25 bits per heavy atom. The van der Waals surface area contributed by atoms with Gasteiger partial charge >= 0.3 is 5.97 Å². The first kappa shape index (κ1) is 14.9. The number of nitriles is 1. The first-order chi connectivity index (χ1) is 7.51. The van der Waals surface area contributed by atoms with Crippen LogP contribution in [0.15, 0.2) is 0 Å². The highest BCUT2D eigenvalue weighted by atomic mass is 16.5. The second-order valence-corrected chi connectivity index (χ2v) is 3.81. The van der Waals surface area contributed by atoms with Crippen LogP contribution in [0.2, 0.25) is 0 Å². The largest absolute Gasteiger partial charge is 0.466 e. The van der Waals surface area contributed by atoms with Gasteiger partial charge in [-0.15, -0.1) is 0 Å². The fraction of sp³-hybridized carbons (Fsp3) is 0.818. The molecule has 1 N–H and O–H groups in total. The first-order valence-electron chi connectivity index (χ1n) is 5.42. The highest BCUT2D eigenvalue weighted by molar-refractivity contribution is 5.69. The van der Waals surface area contributed by atoms with E-state index in [0.29, 0.717) is 19.6 Å². The van der Waals surface area contributed by atoms with Crippen molar-refractivity contribution >= 4 is 5.97 Å². The number of aliphatic hydroxyl groups is 1. The highest BCUT2D eigenvalue weighted by Crippen LogP contribution is 2.04. The lowest BCUT2D eigenvalue weighted by Crippen LogP contribution is -2.36. The van der Waals surface area contributed by atoms with Gasteiger partial charge in [0.15, 0.2) is 0 Å². The van der Waals surface area contributed by atoms with Crippen molar-refractivity contribution in [1.29, 1.82) is 5.26 Å². The van der Waals surface area contributed by atoms with Crippen molar-refractivity contribution in [2.45, 2.75) is 38.8 Å². The maximum atomic E-state index is 11.1. The minimum atomic E-state index is -0.745. The fourth-order valence-corrected chi connectivity index (χ4v) is 1.28. The van der Waals surface area contributed by atoms with E-state index < -0.39 is 12.1 Å². The SMILES string of the molecule is CCOC(=O)CC(O)CN(C)C(C)CC#N. The number of carbonyl (C=O) groups is 1. The van der Waals surface area contributed by atoms with Crippen LogP contribution in [0.25, 0.3) is 0 Å². The molecule has 0 aliphatic heterocycles. The average molecular weight is 228 g/mol. The molecule has 16 heavy (non-hydrogen) atoms. The first-order valence-corrected chi connectivity index (χ1v) is 5.42. The third-order valence-corrected chi connectivity index (χ3v) is 2.35. The molecule has 92 valence electrons. The standard InChI is InChI=1S/C11H20N2O3/c1-4-16-11(15)7-10(14)8-13(3)9(2)5-6-12/h9-10,14H,4-5,7-8H2,1-3H3. The van der Waals surface area contributed by atoms with Crippen LogP contribution < -0.4 is 0 Å². The number of nitrogens with zero attached hydrogens (tertiary/aromatic N) is 2. The number of likely N-dealkylation sites (N-methyl/N-ethyl adjacent to an activating group) is 1. The normalized spacial score (nSPS) is 14.2. The minimum absolute atomic E-state index is 0.00253. The van der Waals surface area contributed by atoms with Crippen LogP contribution in [0, 0.1) is 11.3 Å². The minimum Gasteiger partial charge on any atom is -0.466 e. The predicted molar refractivity (Wildman–Crippen MR) is 59.6 cm³/mol. The summed E-state index contributed by atoms with van der Waals surface area (Å²) in [6, 6.07) is 2.14. The lowest BCUT2D eigenvalue weighted by molar-refractivity contribution is -0.145. The summed E-state index contributed by atoms with van der Waals surface area (Å²) in [4.78, 5) is 12.9. The van der Waals surface area contributed by atoms with E-state index in [1.165, 1.54) is 0 Å². The van der Waals surface area contributed by atoms with Crippen molar-refractivity contribution in [3.63, 3.8) is 0 Å².